The van der Waals surface area contributed by atoms with Crippen LogP contribution in [0.3, 0.4) is 0 Å². The van der Waals surface area contributed by atoms with Crippen molar-refractivity contribution in [1.29, 1.82) is 0 Å². The molecule has 0 saturated carbocycles. The first-order valence-corrected chi connectivity index (χ1v) is 22.1. The summed E-state index contributed by atoms with van der Waals surface area (Å²) in [6, 6.07) is 55.5. The molecule has 0 aliphatic heterocycles. The topological polar surface area (TPSA) is 0 Å². The summed E-state index contributed by atoms with van der Waals surface area (Å²) in [7, 11) is 0. The van der Waals surface area contributed by atoms with Crippen molar-refractivity contribution in [3.05, 3.63) is 181 Å². The maximum atomic E-state index is 2.51. The van der Waals surface area contributed by atoms with Crippen molar-refractivity contribution in [2.45, 2.75) is 11.5 Å². The third-order valence-corrected chi connectivity index (χ3v) is 26.1. The summed E-state index contributed by atoms with van der Waals surface area (Å²) < 4.78 is 7.23. The minimum absolute atomic E-state index is 0.944. The number of rotatable bonds is 11. The number of hydrogen-bond acceptors (Lipinski definition) is 2. The van der Waals surface area contributed by atoms with Gasteiger partial charge < -0.3 is 0 Å². The van der Waals surface area contributed by atoms with Gasteiger partial charge in [0, 0.05) is 0 Å². The summed E-state index contributed by atoms with van der Waals surface area (Å²) in [5.74, 6) is 1.92. The van der Waals surface area contributed by atoms with Gasteiger partial charge in [0.15, 0.2) is 0 Å². The molecule has 0 heterocycles. The Bertz CT molecular complexity index is 1420. The number of halogens is 1. The van der Waals surface area contributed by atoms with Gasteiger partial charge in [-0.1, -0.05) is 0 Å². The third-order valence-electron chi connectivity index (χ3n) is 6.81. The van der Waals surface area contributed by atoms with E-state index in [4.69, 9.17) is 0 Å². The molecular formula is C36H31IS2Sn. The standard InChI is InChI=1S/C18H16IS2.3C6H5.Sn/c19-18(21-15-17-10-5-2-6-11-17)12-7-13-20-14-16-8-3-1-4-9-16;3*1-2-4-6-5-3-1;/h1-12H,14-15H2;3*1-5H;. The van der Waals surface area contributed by atoms with Crippen LogP contribution in [0.4, 0.5) is 0 Å². The molecule has 198 valence electrons. The summed E-state index contributed by atoms with van der Waals surface area (Å²) in [5, 5.41) is 0. The second-order valence-electron chi connectivity index (χ2n) is 9.40. The molecule has 0 atom stereocenters. The fourth-order valence-corrected chi connectivity index (χ4v) is 24.1. The van der Waals surface area contributed by atoms with Crippen LogP contribution < -0.4 is 10.7 Å². The maximum absolute atomic E-state index is 3.69. The molecule has 0 amide bonds. The molecule has 0 fully saturated rings. The van der Waals surface area contributed by atoms with Crippen LogP contribution in [0.2, 0.25) is 0 Å². The van der Waals surface area contributed by atoms with E-state index in [1.165, 1.54) is 27.7 Å². The monoisotopic (exact) mass is 774 g/mol. The number of hydrogen-bond donors (Lipinski definition) is 0. The molecule has 0 N–H and O–H groups in total. The third kappa shape index (κ3) is 7.35. The van der Waals surface area contributed by atoms with E-state index in [1.807, 2.05) is 23.5 Å². The summed E-state index contributed by atoms with van der Waals surface area (Å²) in [6.07, 6.45) is 4.80. The van der Waals surface area contributed by atoms with Crippen molar-refractivity contribution in [1.82, 2.24) is 0 Å². The van der Waals surface area contributed by atoms with Crippen molar-refractivity contribution in [2.75, 3.05) is 0 Å². The molecule has 0 radical (unpaired) electrons. The van der Waals surface area contributed by atoms with Gasteiger partial charge in [-0.15, -0.1) is 0 Å². The van der Waals surface area contributed by atoms with Crippen LogP contribution in [0, 0.1) is 0 Å². The summed E-state index contributed by atoms with van der Waals surface area (Å²) >= 11 is 2.74. The second kappa shape index (κ2) is 15.2. The fourth-order valence-electron chi connectivity index (χ4n) is 4.92. The molecule has 0 aliphatic rings. The van der Waals surface area contributed by atoms with Gasteiger partial charge in [-0.25, -0.2) is 0 Å². The van der Waals surface area contributed by atoms with Crippen molar-refractivity contribution in [3.63, 3.8) is 0 Å². The second-order valence-corrected chi connectivity index (χ2v) is 25.1. The van der Waals surface area contributed by atoms with Gasteiger partial charge in [0.05, 0.1) is 0 Å². The van der Waals surface area contributed by atoms with Crippen LogP contribution in [0.1, 0.15) is 11.1 Å². The molecule has 5 aromatic carbocycles. The van der Waals surface area contributed by atoms with E-state index in [0.717, 1.165) is 11.5 Å². The fraction of sp³-hybridized carbons (Fsp3) is 0.0556. The van der Waals surface area contributed by atoms with E-state index in [1.54, 1.807) is 0 Å². The Kier molecular flexibility index (Phi) is 11.1. The summed E-state index contributed by atoms with van der Waals surface area (Å²) in [5.41, 5.74) is 2.70. The van der Waals surface area contributed by atoms with E-state index >= 15 is 0 Å². The Hall–Kier alpha value is -2.19. The first-order chi connectivity index (χ1) is 19.8. The quantitative estimate of drug-likeness (QED) is 0.0749. The van der Waals surface area contributed by atoms with E-state index in [0.29, 0.717) is 0 Å². The molecule has 0 bridgehead atoms. The number of allylic oxidation sites excluding steroid dienone is 2. The van der Waals surface area contributed by atoms with E-state index in [-0.39, 0.29) is 0 Å². The Labute approximate surface area is 265 Å². The van der Waals surface area contributed by atoms with E-state index in [9.17, 15) is 0 Å². The van der Waals surface area contributed by atoms with Gasteiger partial charge in [-0.05, 0) is 0 Å². The van der Waals surface area contributed by atoms with Crippen LogP contribution in [0.25, 0.3) is 0 Å². The van der Waals surface area contributed by atoms with Crippen molar-refractivity contribution in [2.24, 2.45) is 0 Å². The van der Waals surface area contributed by atoms with Gasteiger partial charge in [0.25, 0.3) is 0 Å². The van der Waals surface area contributed by atoms with Crippen molar-refractivity contribution >= 4 is 75.2 Å². The molecule has 0 nitrogen and oxygen atoms in total. The van der Waals surface area contributed by atoms with Crippen LogP contribution in [-0.2, 0) is 11.5 Å². The average molecular weight is 773 g/mol. The average Bonchev–Trinajstić information content (AvgIpc) is 3.04. The number of thioether (sulfide) groups is 2. The summed E-state index contributed by atoms with van der Waals surface area (Å²) in [6.45, 7) is 0. The molecule has 5 rings (SSSR count). The molecule has 0 spiro atoms. The van der Waals surface area contributed by atoms with Crippen LogP contribution in [-0.4, -0.2) is 18.4 Å². The first kappa shape index (κ1) is 29.3. The Morgan fingerprint density at radius 3 is 1.23 bits per heavy atom. The van der Waals surface area contributed by atoms with Gasteiger partial charge >= 0.3 is 268 Å². The molecule has 40 heavy (non-hydrogen) atoms. The Morgan fingerprint density at radius 1 is 0.475 bits per heavy atom. The molecule has 0 saturated heterocycles. The van der Waals surface area contributed by atoms with Gasteiger partial charge in [-0.2, -0.15) is 0 Å². The zero-order chi connectivity index (χ0) is 27.5. The Morgan fingerprint density at radius 2 is 0.825 bits per heavy atom. The predicted octanol–water partition coefficient (Wildman–Crippen LogP) is 8.72. The number of benzene rings is 5. The van der Waals surface area contributed by atoms with Crippen LogP contribution in [0.5, 0.6) is 0 Å². The zero-order valence-electron chi connectivity index (χ0n) is 22.2. The van der Waals surface area contributed by atoms with Crippen molar-refractivity contribution in [3.8, 4) is 0 Å². The van der Waals surface area contributed by atoms with E-state index < -0.39 is 18.4 Å². The molecule has 0 aromatic heterocycles. The summed E-state index contributed by atoms with van der Waals surface area (Å²) in [4.78, 5) is 0. The van der Waals surface area contributed by atoms with Gasteiger partial charge in [-0.3, -0.25) is 0 Å². The van der Waals surface area contributed by atoms with Gasteiger partial charge in [0.2, 0.25) is 0 Å². The van der Waals surface area contributed by atoms with E-state index in [2.05, 4.69) is 186 Å². The van der Waals surface area contributed by atoms with Gasteiger partial charge in [0.1, 0.15) is 0 Å². The normalized spacial score (nSPS) is 12.3. The molecule has 4 heteroatoms. The molecular weight excluding hydrogens is 742 g/mol. The predicted molar refractivity (Wildman–Crippen MR) is 190 cm³/mol. The molecule has 0 unspecified atom stereocenters. The van der Waals surface area contributed by atoms with Crippen molar-refractivity contribution < 1.29 is 0 Å². The minimum atomic E-state index is -3.69. The zero-order valence-corrected chi connectivity index (χ0v) is 28.8. The molecule has 0 aliphatic carbocycles. The van der Waals surface area contributed by atoms with Crippen LogP contribution in [0.15, 0.2) is 170 Å². The SMILES string of the molecule is IC(=CC=[C](SCc1ccccc1)[Sn]([c]1ccccc1)([c]1ccccc1)[c]1ccccc1)SCc1ccccc1. The Balaban J connectivity index is 1.65. The molecule has 5 aromatic rings. The first-order valence-electron chi connectivity index (χ1n) is 13.3. The van der Waals surface area contributed by atoms with Crippen LogP contribution >= 0.6 is 46.1 Å².